The van der Waals surface area contributed by atoms with Crippen molar-refractivity contribution < 1.29 is 4.42 Å². The Hall–Kier alpha value is -0.800. The van der Waals surface area contributed by atoms with E-state index in [1.165, 1.54) is 13.0 Å². The lowest BCUT2D eigenvalue weighted by atomic mass is 10.1. The van der Waals surface area contributed by atoms with Crippen LogP contribution in [-0.2, 0) is 6.42 Å². The molecule has 0 aliphatic carbocycles. The smallest absolute Gasteiger partial charge is 0.105 e. The van der Waals surface area contributed by atoms with Crippen LogP contribution in [0.25, 0.3) is 0 Å². The third kappa shape index (κ3) is 3.35. The second-order valence-corrected chi connectivity index (χ2v) is 5.27. The van der Waals surface area contributed by atoms with Gasteiger partial charge in [0.2, 0.25) is 0 Å². The number of hydrogen-bond donors (Lipinski definition) is 1. The van der Waals surface area contributed by atoms with Crippen molar-refractivity contribution in [3.05, 3.63) is 24.2 Å². The van der Waals surface area contributed by atoms with Gasteiger partial charge in [0.05, 0.1) is 6.26 Å². The Labute approximate surface area is 97.8 Å². The molecule has 0 saturated carbocycles. The average Bonchev–Trinajstić information content (AvgIpc) is 2.67. The standard InChI is InChI=1S/C13H22N2O/c1-13(2)11-15(8-4-7-14-13)9-6-12-5-3-10-16-12/h3,5,10,14H,4,6-9,11H2,1-2H3. The number of nitrogens with zero attached hydrogens (tertiary/aromatic N) is 1. The fourth-order valence-corrected chi connectivity index (χ4v) is 2.34. The average molecular weight is 222 g/mol. The fourth-order valence-electron chi connectivity index (χ4n) is 2.34. The largest absolute Gasteiger partial charge is 0.469 e. The molecule has 0 spiro atoms. The summed E-state index contributed by atoms with van der Waals surface area (Å²) in [6.45, 7) is 9.09. The molecular weight excluding hydrogens is 200 g/mol. The van der Waals surface area contributed by atoms with Gasteiger partial charge in [-0.3, -0.25) is 0 Å². The van der Waals surface area contributed by atoms with E-state index in [1.807, 2.05) is 6.07 Å². The van der Waals surface area contributed by atoms with Gasteiger partial charge >= 0.3 is 0 Å². The zero-order valence-corrected chi connectivity index (χ0v) is 10.3. The zero-order valence-electron chi connectivity index (χ0n) is 10.3. The fraction of sp³-hybridized carbons (Fsp3) is 0.692. The Bertz CT molecular complexity index is 306. The van der Waals surface area contributed by atoms with E-state index in [4.69, 9.17) is 4.42 Å². The highest BCUT2D eigenvalue weighted by Crippen LogP contribution is 2.11. The second-order valence-electron chi connectivity index (χ2n) is 5.27. The van der Waals surface area contributed by atoms with Crippen LogP contribution in [0.1, 0.15) is 26.0 Å². The lowest BCUT2D eigenvalue weighted by molar-refractivity contribution is 0.229. The summed E-state index contributed by atoms with van der Waals surface area (Å²) < 4.78 is 5.37. The van der Waals surface area contributed by atoms with Crippen molar-refractivity contribution in [2.45, 2.75) is 32.2 Å². The van der Waals surface area contributed by atoms with E-state index in [1.54, 1.807) is 6.26 Å². The Morgan fingerprint density at radius 3 is 3.12 bits per heavy atom. The minimum absolute atomic E-state index is 0.236. The quantitative estimate of drug-likeness (QED) is 0.846. The summed E-state index contributed by atoms with van der Waals surface area (Å²) >= 11 is 0. The Balaban J connectivity index is 1.84. The van der Waals surface area contributed by atoms with Gasteiger partial charge < -0.3 is 14.6 Å². The van der Waals surface area contributed by atoms with Crippen LogP contribution >= 0.6 is 0 Å². The van der Waals surface area contributed by atoms with E-state index in [2.05, 4.69) is 30.1 Å². The van der Waals surface area contributed by atoms with Gasteiger partial charge in [-0.2, -0.15) is 0 Å². The molecule has 0 radical (unpaired) electrons. The van der Waals surface area contributed by atoms with Gasteiger partial charge in [-0.1, -0.05) is 0 Å². The van der Waals surface area contributed by atoms with Crippen LogP contribution in [0.4, 0.5) is 0 Å². The Kier molecular flexibility index (Phi) is 3.66. The molecule has 3 heteroatoms. The number of furan rings is 1. The molecule has 2 heterocycles. The minimum Gasteiger partial charge on any atom is -0.469 e. The molecule has 3 nitrogen and oxygen atoms in total. The van der Waals surface area contributed by atoms with Crippen molar-refractivity contribution in [2.24, 2.45) is 0 Å². The normalized spacial score (nSPS) is 21.9. The first-order valence-corrected chi connectivity index (χ1v) is 6.15. The van der Waals surface area contributed by atoms with Gasteiger partial charge in [0, 0.05) is 25.0 Å². The van der Waals surface area contributed by atoms with Gasteiger partial charge in [-0.25, -0.2) is 0 Å². The lowest BCUT2D eigenvalue weighted by Gasteiger charge is -2.29. The van der Waals surface area contributed by atoms with Crippen LogP contribution in [0.3, 0.4) is 0 Å². The van der Waals surface area contributed by atoms with E-state index in [0.717, 1.165) is 31.8 Å². The first-order valence-electron chi connectivity index (χ1n) is 6.15. The van der Waals surface area contributed by atoms with Crippen LogP contribution in [0.2, 0.25) is 0 Å². The van der Waals surface area contributed by atoms with Crippen molar-refractivity contribution >= 4 is 0 Å². The molecule has 1 aliphatic heterocycles. The summed E-state index contributed by atoms with van der Waals surface area (Å²) in [4.78, 5) is 2.53. The topological polar surface area (TPSA) is 28.4 Å². The molecule has 0 aromatic carbocycles. The van der Waals surface area contributed by atoms with E-state index >= 15 is 0 Å². The molecule has 1 fully saturated rings. The van der Waals surface area contributed by atoms with Crippen LogP contribution in [0.5, 0.6) is 0 Å². The molecular formula is C13H22N2O. The maximum Gasteiger partial charge on any atom is 0.105 e. The molecule has 1 aromatic rings. The number of nitrogens with one attached hydrogen (secondary N) is 1. The van der Waals surface area contributed by atoms with E-state index in [-0.39, 0.29) is 5.54 Å². The predicted molar refractivity (Wildman–Crippen MR) is 65.6 cm³/mol. The molecule has 2 rings (SSSR count). The van der Waals surface area contributed by atoms with E-state index in [0.29, 0.717) is 0 Å². The molecule has 0 bridgehead atoms. The highest BCUT2D eigenvalue weighted by Gasteiger charge is 2.23. The monoisotopic (exact) mass is 222 g/mol. The summed E-state index contributed by atoms with van der Waals surface area (Å²) in [5.41, 5.74) is 0.236. The van der Waals surface area contributed by atoms with Gasteiger partial charge in [-0.15, -0.1) is 0 Å². The van der Waals surface area contributed by atoms with E-state index < -0.39 is 0 Å². The minimum atomic E-state index is 0.236. The van der Waals surface area contributed by atoms with Crippen molar-refractivity contribution in [1.29, 1.82) is 0 Å². The third-order valence-electron chi connectivity index (χ3n) is 3.13. The predicted octanol–water partition coefficient (Wildman–Crippen LogP) is 1.90. The van der Waals surface area contributed by atoms with Gasteiger partial charge in [-0.05, 0) is 45.5 Å². The Morgan fingerprint density at radius 2 is 2.38 bits per heavy atom. The van der Waals surface area contributed by atoms with Crippen molar-refractivity contribution in [3.63, 3.8) is 0 Å². The highest BCUT2D eigenvalue weighted by atomic mass is 16.3. The molecule has 1 aromatic heterocycles. The summed E-state index contributed by atoms with van der Waals surface area (Å²) in [7, 11) is 0. The molecule has 1 aliphatic rings. The SMILES string of the molecule is CC1(C)CN(CCc2ccco2)CCCN1. The maximum absolute atomic E-state index is 5.37. The molecule has 1 saturated heterocycles. The van der Waals surface area contributed by atoms with Gasteiger partial charge in [0.25, 0.3) is 0 Å². The van der Waals surface area contributed by atoms with Crippen molar-refractivity contribution in [3.8, 4) is 0 Å². The highest BCUT2D eigenvalue weighted by molar-refractivity contribution is 4.99. The molecule has 1 N–H and O–H groups in total. The first-order chi connectivity index (χ1) is 7.66. The molecule has 90 valence electrons. The summed E-state index contributed by atoms with van der Waals surface area (Å²) in [5, 5.41) is 3.58. The van der Waals surface area contributed by atoms with Crippen LogP contribution in [0.15, 0.2) is 22.8 Å². The van der Waals surface area contributed by atoms with Crippen molar-refractivity contribution in [1.82, 2.24) is 10.2 Å². The lowest BCUT2D eigenvalue weighted by Crippen LogP contribution is -2.46. The van der Waals surface area contributed by atoms with Crippen LogP contribution < -0.4 is 5.32 Å². The van der Waals surface area contributed by atoms with Gasteiger partial charge in [0.1, 0.15) is 5.76 Å². The number of hydrogen-bond acceptors (Lipinski definition) is 3. The summed E-state index contributed by atoms with van der Waals surface area (Å²) in [6, 6.07) is 4.02. The third-order valence-corrected chi connectivity index (χ3v) is 3.13. The molecule has 16 heavy (non-hydrogen) atoms. The van der Waals surface area contributed by atoms with Crippen LogP contribution in [0, 0.1) is 0 Å². The molecule has 0 unspecified atom stereocenters. The Morgan fingerprint density at radius 1 is 1.50 bits per heavy atom. The molecule has 0 amide bonds. The van der Waals surface area contributed by atoms with Crippen LogP contribution in [-0.4, -0.2) is 36.6 Å². The number of rotatable bonds is 3. The van der Waals surface area contributed by atoms with Crippen molar-refractivity contribution in [2.75, 3.05) is 26.2 Å². The first kappa shape index (κ1) is 11.7. The second kappa shape index (κ2) is 5.02. The maximum atomic E-state index is 5.37. The zero-order chi connectivity index (χ0) is 11.4. The van der Waals surface area contributed by atoms with Gasteiger partial charge in [0.15, 0.2) is 0 Å². The van der Waals surface area contributed by atoms with E-state index in [9.17, 15) is 0 Å². The summed E-state index contributed by atoms with van der Waals surface area (Å²) in [6.07, 6.45) is 4.01. The summed E-state index contributed by atoms with van der Waals surface area (Å²) in [5.74, 6) is 1.09. The molecule has 0 atom stereocenters.